The molecule has 2 aromatic carbocycles. The molecule has 1 amide bonds. The topological polar surface area (TPSA) is 92.9 Å². The van der Waals surface area contributed by atoms with Crippen molar-refractivity contribution in [3.63, 3.8) is 0 Å². The van der Waals surface area contributed by atoms with E-state index < -0.39 is 0 Å². The number of anilines is 2. The minimum Gasteiger partial charge on any atom is -0.405 e. The molecular formula is C19H19N5O. The van der Waals surface area contributed by atoms with E-state index >= 15 is 0 Å². The van der Waals surface area contributed by atoms with Gasteiger partial charge in [-0.3, -0.25) is 10.1 Å². The molecular weight excluding hydrogens is 314 g/mol. The first-order valence-corrected chi connectivity index (χ1v) is 8.02. The molecule has 0 saturated carbocycles. The minimum atomic E-state index is -0.286. The smallest absolute Gasteiger partial charge is 0.258 e. The maximum atomic E-state index is 12.6. The van der Waals surface area contributed by atoms with Crippen molar-refractivity contribution < 1.29 is 4.79 Å². The van der Waals surface area contributed by atoms with Crippen molar-refractivity contribution in [2.75, 3.05) is 17.2 Å². The molecule has 0 saturated heterocycles. The minimum absolute atomic E-state index is 0.256. The van der Waals surface area contributed by atoms with Crippen molar-refractivity contribution >= 4 is 34.7 Å². The van der Waals surface area contributed by atoms with E-state index in [0.717, 1.165) is 23.0 Å². The summed E-state index contributed by atoms with van der Waals surface area (Å²) in [5, 5.41) is 6.89. The quantitative estimate of drug-likeness (QED) is 0.666. The molecule has 0 radical (unpaired) electrons. The van der Waals surface area contributed by atoms with Gasteiger partial charge in [0.15, 0.2) is 0 Å². The summed E-state index contributed by atoms with van der Waals surface area (Å²) in [6.45, 7) is 2.71. The van der Waals surface area contributed by atoms with Gasteiger partial charge in [0.2, 0.25) is 5.95 Å². The number of para-hydroxylation sites is 1. The highest BCUT2D eigenvalue weighted by Gasteiger charge is 2.13. The zero-order valence-electron chi connectivity index (χ0n) is 13.9. The molecule has 0 atom stereocenters. The average Bonchev–Trinajstić information content (AvgIpc) is 2.63. The van der Waals surface area contributed by atoms with E-state index in [1.807, 2.05) is 43.3 Å². The number of rotatable bonds is 5. The number of hydrogen-bond donors (Lipinski definition) is 3. The maximum absolute atomic E-state index is 12.6. The summed E-state index contributed by atoms with van der Waals surface area (Å²) in [5.74, 6) is 0.663. The Morgan fingerprint density at radius 1 is 1.12 bits per heavy atom. The number of fused-ring (bicyclic) bond motifs is 1. The van der Waals surface area contributed by atoms with E-state index in [9.17, 15) is 4.79 Å². The number of nitrogens with one attached hydrogen (secondary N) is 2. The fourth-order valence-corrected chi connectivity index (χ4v) is 2.56. The molecule has 3 aromatic rings. The molecule has 4 N–H and O–H groups in total. The van der Waals surface area contributed by atoms with Crippen LogP contribution < -0.4 is 16.4 Å². The second kappa shape index (κ2) is 7.44. The third-order valence-corrected chi connectivity index (χ3v) is 3.65. The molecule has 3 rings (SSSR count). The van der Waals surface area contributed by atoms with Crippen LogP contribution in [0.2, 0.25) is 0 Å². The lowest BCUT2D eigenvalue weighted by molar-refractivity contribution is 0.102. The summed E-state index contributed by atoms with van der Waals surface area (Å²) in [6.07, 6.45) is 3.09. The number of carbonyl (C=O) groups excluding carboxylic acids is 1. The van der Waals surface area contributed by atoms with E-state index in [4.69, 9.17) is 5.73 Å². The van der Waals surface area contributed by atoms with E-state index in [1.165, 1.54) is 6.20 Å². The van der Waals surface area contributed by atoms with Gasteiger partial charge in [0.1, 0.15) is 5.82 Å². The number of hydrogen-bond acceptors (Lipinski definition) is 5. The molecule has 0 aliphatic rings. The van der Waals surface area contributed by atoms with Gasteiger partial charge in [-0.2, -0.15) is 4.98 Å². The van der Waals surface area contributed by atoms with Crippen molar-refractivity contribution in [3.8, 4) is 0 Å². The zero-order valence-corrected chi connectivity index (χ0v) is 13.9. The molecule has 6 heteroatoms. The lowest BCUT2D eigenvalue weighted by atomic mass is 10.1. The van der Waals surface area contributed by atoms with Gasteiger partial charge in [0.25, 0.3) is 5.91 Å². The summed E-state index contributed by atoms with van der Waals surface area (Å²) >= 11 is 0. The Morgan fingerprint density at radius 3 is 2.68 bits per heavy atom. The first-order valence-electron chi connectivity index (χ1n) is 8.02. The third kappa shape index (κ3) is 3.58. The molecule has 0 spiro atoms. The van der Waals surface area contributed by atoms with Gasteiger partial charge < -0.3 is 11.1 Å². The van der Waals surface area contributed by atoms with Crippen LogP contribution in [0.4, 0.5) is 11.8 Å². The van der Waals surface area contributed by atoms with Crippen LogP contribution in [0.3, 0.4) is 0 Å². The first-order chi connectivity index (χ1) is 12.2. The van der Waals surface area contributed by atoms with Crippen molar-refractivity contribution in [1.82, 2.24) is 9.97 Å². The van der Waals surface area contributed by atoms with E-state index in [0.29, 0.717) is 11.4 Å². The third-order valence-electron chi connectivity index (χ3n) is 3.65. The van der Waals surface area contributed by atoms with E-state index in [-0.39, 0.29) is 11.9 Å². The Labute approximate surface area is 145 Å². The van der Waals surface area contributed by atoms with Crippen molar-refractivity contribution in [2.24, 2.45) is 5.73 Å². The molecule has 6 nitrogen and oxygen atoms in total. The predicted octanol–water partition coefficient (Wildman–Crippen LogP) is 3.24. The van der Waals surface area contributed by atoms with Crippen LogP contribution in [-0.4, -0.2) is 22.4 Å². The fraction of sp³-hybridized carbons (Fsp3) is 0.105. The van der Waals surface area contributed by atoms with Gasteiger partial charge in [-0.15, -0.1) is 0 Å². The number of benzene rings is 2. The summed E-state index contributed by atoms with van der Waals surface area (Å²) < 4.78 is 0. The zero-order chi connectivity index (χ0) is 17.6. The highest BCUT2D eigenvalue weighted by Crippen LogP contribution is 2.22. The monoisotopic (exact) mass is 333 g/mol. The van der Waals surface area contributed by atoms with Crippen LogP contribution >= 0.6 is 0 Å². The number of carbonyl (C=O) groups is 1. The molecule has 0 fully saturated rings. The van der Waals surface area contributed by atoms with Gasteiger partial charge in [-0.1, -0.05) is 30.3 Å². The van der Waals surface area contributed by atoms with E-state index in [2.05, 4.69) is 20.6 Å². The van der Waals surface area contributed by atoms with Crippen LogP contribution in [0.15, 0.2) is 54.7 Å². The van der Waals surface area contributed by atoms with Gasteiger partial charge in [-0.25, -0.2) is 4.98 Å². The lowest BCUT2D eigenvalue weighted by Crippen LogP contribution is -2.16. The van der Waals surface area contributed by atoms with Crippen LogP contribution in [0.1, 0.15) is 22.8 Å². The van der Waals surface area contributed by atoms with Gasteiger partial charge in [0.05, 0.1) is 5.52 Å². The molecule has 126 valence electrons. The molecule has 1 aromatic heterocycles. The average molecular weight is 333 g/mol. The molecule has 1 heterocycles. The number of nitrogens with zero attached hydrogens (tertiary/aromatic N) is 2. The molecule has 0 aliphatic heterocycles. The second-order valence-corrected chi connectivity index (χ2v) is 5.34. The van der Waals surface area contributed by atoms with Crippen molar-refractivity contribution in [1.29, 1.82) is 0 Å². The molecule has 0 unspecified atom stereocenters. The largest absolute Gasteiger partial charge is 0.405 e. The lowest BCUT2D eigenvalue weighted by Gasteiger charge is -2.11. The first kappa shape index (κ1) is 16.4. The number of amides is 1. The van der Waals surface area contributed by atoms with Crippen LogP contribution in [0, 0.1) is 0 Å². The Balaban J connectivity index is 1.96. The van der Waals surface area contributed by atoms with E-state index in [1.54, 1.807) is 18.2 Å². The maximum Gasteiger partial charge on any atom is 0.258 e. The normalized spacial score (nSPS) is 10.9. The molecule has 0 bridgehead atoms. The number of aromatic nitrogens is 2. The van der Waals surface area contributed by atoms with Gasteiger partial charge in [0, 0.05) is 17.5 Å². The van der Waals surface area contributed by atoms with Crippen LogP contribution in [-0.2, 0) is 0 Å². The molecule has 25 heavy (non-hydrogen) atoms. The number of nitrogens with two attached hydrogens (primary N) is 1. The van der Waals surface area contributed by atoms with Crippen molar-refractivity contribution in [3.05, 3.63) is 65.9 Å². The Hall–Kier alpha value is -3.41. The highest BCUT2D eigenvalue weighted by molar-refractivity contribution is 6.06. The summed E-state index contributed by atoms with van der Waals surface area (Å²) in [5.41, 5.74) is 7.45. The van der Waals surface area contributed by atoms with Crippen LogP contribution in [0.5, 0.6) is 0 Å². The Kier molecular flexibility index (Phi) is 4.89. The Bertz CT molecular complexity index is 936. The molecule has 0 aliphatic carbocycles. The SMILES string of the molecule is CCNc1nc(NC(=O)c2ccccc2/C=C\N)nc2ccccc12. The van der Waals surface area contributed by atoms with Gasteiger partial charge in [-0.05, 0) is 43.0 Å². The summed E-state index contributed by atoms with van der Waals surface area (Å²) in [6, 6.07) is 14.9. The standard InChI is InChI=1S/C19H19N5O/c1-2-21-17-15-9-5-6-10-16(15)22-19(23-17)24-18(25)14-8-4-3-7-13(14)11-12-20/h3-12H,2,20H2,1H3,(H2,21,22,23,24,25)/b12-11-. The predicted molar refractivity (Wildman–Crippen MR) is 101 cm³/mol. The Morgan fingerprint density at radius 2 is 1.88 bits per heavy atom. The fourth-order valence-electron chi connectivity index (χ4n) is 2.56. The van der Waals surface area contributed by atoms with Crippen LogP contribution in [0.25, 0.3) is 17.0 Å². The van der Waals surface area contributed by atoms with Gasteiger partial charge >= 0.3 is 0 Å². The second-order valence-electron chi connectivity index (χ2n) is 5.34. The van der Waals surface area contributed by atoms with Crippen molar-refractivity contribution in [2.45, 2.75) is 6.92 Å². The summed E-state index contributed by atoms with van der Waals surface area (Å²) in [7, 11) is 0. The summed E-state index contributed by atoms with van der Waals surface area (Å²) in [4.78, 5) is 21.5. The highest BCUT2D eigenvalue weighted by atomic mass is 16.1.